The fraction of sp³-hybridized carbons (Fsp3) is 0.235. The van der Waals surface area contributed by atoms with E-state index >= 15 is 0 Å². The fourth-order valence-corrected chi connectivity index (χ4v) is 3.15. The molecule has 2 aromatic carbocycles. The molecule has 0 radical (unpaired) electrons. The van der Waals surface area contributed by atoms with Crippen LogP contribution in [0.5, 0.6) is 11.5 Å². The van der Waals surface area contributed by atoms with Crippen molar-refractivity contribution in [1.82, 2.24) is 4.83 Å². The summed E-state index contributed by atoms with van der Waals surface area (Å²) in [6.07, 6.45) is 1.20. The summed E-state index contributed by atoms with van der Waals surface area (Å²) >= 11 is 0. The summed E-state index contributed by atoms with van der Waals surface area (Å²) in [7, 11) is -3.65. The van der Waals surface area contributed by atoms with Gasteiger partial charge in [0.2, 0.25) is 0 Å². The molecule has 0 aromatic heterocycles. The molecule has 2 rings (SSSR count). The van der Waals surface area contributed by atoms with Crippen LogP contribution >= 0.6 is 0 Å². The first-order valence-corrected chi connectivity index (χ1v) is 9.19. The predicted octanol–water partition coefficient (Wildman–Crippen LogP) is 2.72. The lowest BCUT2D eigenvalue weighted by molar-refractivity contribution is 0.449. The second kappa shape index (κ2) is 7.83. The van der Waals surface area contributed by atoms with Crippen LogP contribution < -0.4 is 4.83 Å². The quantitative estimate of drug-likeness (QED) is 0.529. The third-order valence-electron chi connectivity index (χ3n) is 3.30. The average molecular weight is 348 g/mol. The summed E-state index contributed by atoms with van der Waals surface area (Å²) in [4.78, 5) is 2.22. The Morgan fingerprint density at radius 1 is 1.12 bits per heavy atom. The zero-order valence-electron chi connectivity index (χ0n) is 13.3. The maximum Gasteiger partial charge on any atom is 0.251 e. The summed E-state index contributed by atoms with van der Waals surface area (Å²) in [5, 5.41) is 23.3. The van der Waals surface area contributed by atoms with Crippen LogP contribution in [0.3, 0.4) is 0 Å². The molecule has 0 bridgehead atoms. The van der Waals surface area contributed by atoms with E-state index in [-0.39, 0.29) is 17.3 Å². The third kappa shape index (κ3) is 4.99. The smallest absolute Gasteiger partial charge is 0.251 e. The molecule has 7 heteroatoms. The summed E-state index contributed by atoms with van der Waals surface area (Å²) in [5.74, 6) is -0.403. The van der Waals surface area contributed by atoms with Crippen LogP contribution in [0.2, 0.25) is 0 Å². The maximum atomic E-state index is 12.2. The van der Waals surface area contributed by atoms with Gasteiger partial charge in [-0.3, -0.25) is 0 Å². The summed E-state index contributed by atoms with van der Waals surface area (Å²) in [5.41, 5.74) is 1.45. The number of aromatic hydroxyl groups is 2. The molecule has 3 N–H and O–H groups in total. The molecule has 0 aliphatic heterocycles. The van der Waals surface area contributed by atoms with Crippen molar-refractivity contribution in [3.63, 3.8) is 0 Å². The van der Waals surface area contributed by atoms with Crippen LogP contribution in [0.1, 0.15) is 30.9 Å². The van der Waals surface area contributed by atoms with Crippen molar-refractivity contribution in [3.05, 3.63) is 59.7 Å². The number of hydrazone groups is 1. The third-order valence-corrected chi connectivity index (χ3v) is 4.38. The molecule has 0 aliphatic rings. The first-order chi connectivity index (χ1) is 11.4. The number of nitrogens with zero attached hydrogens (tertiary/aromatic N) is 1. The number of nitrogens with one attached hydrogen (secondary N) is 1. The van der Waals surface area contributed by atoms with Gasteiger partial charge in [0.25, 0.3) is 10.0 Å². The van der Waals surface area contributed by atoms with Gasteiger partial charge in [-0.15, -0.1) is 0 Å². The number of phenols is 2. The van der Waals surface area contributed by atoms with E-state index in [4.69, 9.17) is 0 Å². The molecule has 24 heavy (non-hydrogen) atoms. The van der Waals surface area contributed by atoms with Crippen molar-refractivity contribution in [3.8, 4) is 11.5 Å². The van der Waals surface area contributed by atoms with Crippen molar-refractivity contribution in [1.29, 1.82) is 0 Å². The number of rotatable bonds is 7. The highest BCUT2D eigenvalue weighted by molar-refractivity contribution is 7.88. The van der Waals surface area contributed by atoms with Crippen LogP contribution in [0.15, 0.2) is 53.6 Å². The zero-order valence-corrected chi connectivity index (χ0v) is 14.1. The minimum atomic E-state index is -3.65. The van der Waals surface area contributed by atoms with E-state index in [1.54, 1.807) is 24.3 Å². The van der Waals surface area contributed by atoms with Crippen molar-refractivity contribution in [2.75, 3.05) is 0 Å². The number of hydrogen-bond donors (Lipinski definition) is 3. The predicted molar refractivity (Wildman–Crippen MR) is 93.4 cm³/mol. The summed E-state index contributed by atoms with van der Waals surface area (Å²) < 4.78 is 24.3. The Morgan fingerprint density at radius 3 is 2.46 bits per heavy atom. The van der Waals surface area contributed by atoms with E-state index in [9.17, 15) is 18.6 Å². The van der Waals surface area contributed by atoms with Crippen LogP contribution in [0.25, 0.3) is 0 Å². The molecule has 0 aliphatic carbocycles. The van der Waals surface area contributed by atoms with Crippen LogP contribution in [0, 0.1) is 0 Å². The van der Waals surface area contributed by atoms with E-state index in [0.29, 0.717) is 23.3 Å². The SMILES string of the molecule is CCC/C(=N\NS(=O)(=O)Cc1ccccc1)c1ccc(O)cc1O. The molecule has 0 fully saturated rings. The lowest BCUT2D eigenvalue weighted by Gasteiger charge is -2.10. The van der Waals surface area contributed by atoms with E-state index in [1.807, 2.05) is 13.0 Å². The van der Waals surface area contributed by atoms with Gasteiger partial charge in [-0.25, -0.2) is 13.2 Å². The van der Waals surface area contributed by atoms with E-state index in [0.717, 1.165) is 6.42 Å². The Bertz CT molecular complexity index is 818. The minimum absolute atomic E-state index is 0.0724. The Balaban J connectivity index is 2.21. The molecule has 0 saturated heterocycles. The van der Waals surface area contributed by atoms with Crippen LogP contribution in [-0.2, 0) is 15.8 Å². The van der Waals surface area contributed by atoms with Crippen molar-refractivity contribution in [2.45, 2.75) is 25.5 Å². The highest BCUT2D eigenvalue weighted by Gasteiger charge is 2.13. The Kier molecular flexibility index (Phi) is 5.81. The standard InChI is InChI=1S/C17H20N2O4S/c1-2-6-16(15-10-9-14(20)11-17(15)21)18-19-24(22,23)12-13-7-4-3-5-8-13/h3-5,7-11,19-21H,2,6,12H2,1H3/b18-16+. The molecular weight excluding hydrogens is 328 g/mol. The first-order valence-electron chi connectivity index (χ1n) is 7.53. The highest BCUT2D eigenvalue weighted by Crippen LogP contribution is 2.24. The molecule has 0 atom stereocenters. The van der Waals surface area contributed by atoms with Crippen LogP contribution in [-0.4, -0.2) is 24.3 Å². The normalized spacial score (nSPS) is 12.1. The fourth-order valence-electron chi connectivity index (χ4n) is 2.20. The highest BCUT2D eigenvalue weighted by atomic mass is 32.2. The summed E-state index contributed by atoms with van der Waals surface area (Å²) in [6.45, 7) is 1.92. The molecular formula is C17H20N2O4S. The number of sulfonamides is 1. The molecule has 0 unspecified atom stereocenters. The van der Waals surface area contributed by atoms with Crippen molar-refractivity contribution in [2.24, 2.45) is 5.10 Å². The van der Waals surface area contributed by atoms with Gasteiger partial charge in [-0.1, -0.05) is 43.7 Å². The maximum absolute atomic E-state index is 12.2. The molecule has 0 amide bonds. The largest absolute Gasteiger partial charge is 0.508 e. The molecule has 128 valence electrons. The van der Waals surface area contributed by atoms with Gasteiger partial charge < -0.3 is 10.2 Å². The van der Waals surface area contributed by atoms with Gasteiger partial charge in [0.15, 0.2) is 0 Å². The minimum Gasteiger partial charge on any atom is -0.508 e. The molecule has 0 spiro atoms. The first kappa shape index (κ1) is 17.8. The van der Waals surface area contributed by atoms with Gasteiger partial charge >= 0.3 is 0 Å². The van der Waals surface area contributed by atoms with E-state index in [2.05, 4.69) is 9.93 Å². The second-order valence-electron chi connectivity index (χ2n) is 5.35. The Hall–Kier alpha value is -2.54. The molecule has 0 heterocycles. The topological polar surface area (TPSA) is 99.0 Å². The van der Waals surface area contributed by atoms with Crippen molar-refractivity contribution < 1.29 is 18.6 Å². The average Bonchev–Trinajstić information content (AvgIpc) is 2.52. The Labute approximate surface area is 141 Å². The van der Waals surface area contributed by atoms with Crippen molar-refractivity contribution >= 4 is 15.7 Å². The lowest BCUT2D eigenvalue weighted by atomic mass is 10.0. The van der Waals surface area contributed by atoms with Gasteiger partial charge in [0, 0.05) is 11.6 Å². The zero-order chi connectivity index (χ0) is 17.6. The monoisotopic (exact) mass is 348 g/mol. The molecule has 6 nitrogen and oxygen atoms in total. The van der Waals surface area contributed by atoms with Gasteiger partial charge in [-0.05, 0) is 24.1 Å². The molecule has 2 aromatic rings. The van der Waals surface area contributed by atoms with Gasteiger partial charge in [-0.2, -0.15) is 5.10 Å². The lowest BCUT2D eigenvalue weighted by Crippen LogP contribution is -2.22. The number of hydrogen-bond acceptors (Lipinski definition) is 5. The summed E-state index contributed by atoms with van der Waals surface area (Å²) in [6, 6.07) is 12.9. The van der Waals surface area contributed by atoms with E-state index in [1.165, 1.54) is 18.2 Å². The second-order valence-corrected chi connectivity index (χ2v) is 7.05. The van der Waals surface area contributed by atoms with Crippen LogP contribution in [0.4, 0.5) is 0 Å². The molecule has 0 saturated carbocycles. The van der Waals surface area contributed by atoms with Gasteiger partial charge in [0.05, 0.1) is 11.5 Å². The number of phenolic OH excluding ortho intramolecular Hbond substituents is 2. The van der Waals surface area contributed by atoms with E-state index < -0.39 is 10.0 Å². The Morgan fingerprint density at radius 2 is 1.83 bits per heavy atom. The number of benzene rings is 2. The van der Waals surface area contributed by atoms with Gasteiger partial charge in [0.1, 0.15) is 11.5 Å².